The Kier molecular flexibility index (Phi) is 8.35. The van der Waals surface area contributed by atoms with Crippen molar-refractivity contribution >= 4 is 23.0 Å². The van der Waals surface area contributed by atoms with E-state index in [1.54, 1.807) is 0 Å². The maximum Gasteiger partial charge on any atom is 0.182 e. The third kappa shape index (κ3) is 5.12. The molecule has 2 unspecified atom stereocenters. The summed E-state index contributed by atoms with van der Waals surface area (Å²) < 4.78 is 2.76. The monoisotopic (exact) mass is 545 g/mol. The molecule has 2 atom stereocenters. The SMILES string of the molecule is CCCN1/C(=C/C=C2\CCCC(/C=C/C3=[N+](CCC)C4CCCCC4C3(C)C)=C2Cl)C(C)(C)c2ccccc21. The molecule has 0 aromatic heterocycles. The lowest BCUT2D eigenvalue weighted by molar-refractivity contribution is -0.566. The third-order valence-electron chi connectivity index (χ3n) is 10.1. The zero-order valence-electron chi connectivity index (χ0n) is 25.3. The minimum absolute atomic E-state index is 0.0133. The van der Waals surface area contributed by atoms with Gasteiger partial charge in [0.05, 0.1) is 5.41 Å². The van der Waals surface area contributed by atoms with E-state index in [-0.39, 0.29) is 10.8 Å². The molecule has 5 rings (SSSR count). The molecule has 1 fully saturated rings. The third-order valence-corrected chi connectivity index (χ3v) is 10.6. The van der Waals surface area contributed by atoms with E-state index in [1.165, 1.54) is 72.5 Å². The molecule has 0 N–H and O–H groups in total. The van der Waals surface area contributed by atoms with Crippen LogP contribution in [0.15, 0.2) is 70.4 Å². The van der Waals surface area contributed by atoms with Crippen LogP contribution in [-0.2, 0) is 5.41 Å². The average Bonchev–Trinajstić information content (AvgIpc) is 3.27. The van der Waals surface area contributed by atoms with Crippen molar-refractivity contribution in [3.05, 3.63) is 76.0 Å². The highest BCUT2D eigenvalue weighted by molar-refractivity contribution is 6.32. The van der Waals surface area contributed by atoms with Gasteiger partial charge in [-0.25, -0.2) is 4.58 Å². The fourth-order valence-electron chi connectivity index (χ4n) is 8.08. The van der Waals surface area contributed by atoms with Gasteiger partial charge in [0.25, 0.3) is 0 Å². The lowest BCUT2D eigenvalue weighted by atomic mass is 9.69. The number of hydrogen-bond donors (Lipinski definition) is 0. The highest BCUT2D eigenvalue weighted by atomic mass is 35.5. The fraction of sp³-hybridized carbons (Fsp3) is 0.583. The summed E-state index contributed by atoms with van der Waals surface area (Å²) in [6, 6.07) is 9.63. The van der Waals surface area contributed by atoms with Gasteiger partial charge in [0.1, 0.15) is 6.54 Å². The van der Waals surface area contributed by atoms with Crippen molar-refractivity contribution < 1.29 is 4.58 Å². The molecular weight excluding hydrogens is 496 g/mol. The van der Waals surface area contributed by atoms with Gasteiger partial charge in [-0.05, 0) is 81.2 Å². The Labute approximate surface area is 243 Å². The molecule has 0 bridgehead atoms. The van der Waals surface area contributed by atoms with Gasteiger partial charge in [-0.15, -0.1) is 0 Å². The summed E-state index contributed by atoms with van der Waals surface area (Å²) in [5, 5.41) is 0.973. The standard InChI is InChI=1S/C36H50ClN2/c1-7-24-38-30-18-11-9-16-28(30)35(3,4)32(38)22-20-26-14-13-15-27(34(26)37)21-23-33-36(5,6)29-17-10-12-19-31(29)39(33)25-8-2/h9,11,16,18,20-23,29,31H,7-8,10,12-15,17,19,24-25H2,1-6H3/q+1. The molecule has 1 aromatic rings. The summed E-state index contributed by atoms with van der Waals surface area (Å²) in [6.07, 6.45) is 20.6. The molecule has 0 amide bonds. The van der Waals surface area contributed by atoms with Gasteiger partial charge < -0.3 is 4.90 Å². The largest absolute Gasteiger partial charge is 0.344 e. The molecule has 1 saturated carbocycles. The van der Waals surface area contributed by atoms with Gasteiger partial charge in [0.2, 0.25) is 0 Å². The second kappa shape index (κ2) is 11.4. The molecule has 2 aliphatic carbocycles. The second-order valence-electron chi connectivity index (χ2n) is 13.3. The molecule has 2 aliphatic heterocycles. The first-order valence-electron chi connectivity index (χ1n) is 15.7. The lowest BCUT2D eigenvalue weighted by Crippen LogP contribution is -2.35. The zero-order chi connectivity index (χ0) is 27.8. The Bertz CT molecular complexity index is 1240. The van der Waals surface area contributed by atoms with Gasteiger partial charge in [-0.1, -0.05) is 76.1 Å². The van der Waals surface area contributed by atoms with Crippen molar-refractivity contribution in [3.63, 3.8) is 0 Å². The predicted octanol–water partition coefficient (Wildman–Crippen LogP) is 9.70. The molecule has 1 aromatic carbocycles. The molecule has 2 nitrogen and oxygen atoms in total. The van der Waals surface area contributed by atoms with Gasteiger partial charge >= 0.3 is 0 Å². The van der Waals surface area contributed by atoms with E-state index in [4.69, 9.17) is 11.6 Å². The summed E-state index contributed by atoms with van der Waals surface area (Å²) in [7, 11) is 0. The first-order valence-corrected chi connectivity index (χ1v) is 16.1. The zero-order valence-corrected chi connectivity index (χ0v) is 26.1. The van der Waals surface area contributed by atoms with Gasteiger partial charge in [-0.2, -0.15) is 0 Å². The predicted molar refractivity (Wildman–Crippen MR) is 169 cm³/mol. The first kappa shape index (κ1) is 28.5. The average molecular weight is 546 g/mol. The van der Waals surface area contributed by atoms with E-state index in [9.17, 15) is 0 Å². The van der Waals surface area contributed by atoms with E-state index in [0.717, 1.165) is 49.2 Å². The van der Waals surface area contributed by atoms with Gasteiger partial charge in [-0.3, -0.25) is 0 Å². The topological polar surface area (TPSA) is 6.25 Å². The van der Waals surface area contributed by atoms with E-state index in [0.29, 0.717) is 0 Å². The van der Waals surface area contributed by atoms with Crippen molar-refractivity contribution in [2.45, 2.75) is 111 Å². The highest BCUT2D eigenvalue weighted by Gasteiger charge is 2.54. The number of halogens is 1. The number of para-hydroxylation sites is 1. The molecule has 0 radical (unpaired) electrons. The number of hydrogen-bond acceptors (Lipinski definition) is 1. The van der Waals surface area contributed by atoms with Crippen LogP contribution in [-0.4, -0.2) is 29.4 Å². The number of allylic oxidation sites excluding steroid dienone is 8. The number of benzene rings is 1. The lowest BCUT2D eigenvalue weighted by Gasteiger charge is -2.30. The Morgan fingerprint density at radius 2 is 1.72 bits per heavy atom. The fourth-order valence-corrected chi connectivity index (χ4v) is 8.39. The summed E-state index contributed by atoms with van der Waals surface area (Å²) in [4.78, 5) is 2.52. The maximum atomic E-state index is 7.16. The van der Waals surface area contributed by atoms with Crippen molar-refractivity contribution in [1.29, 1.82) is 0 Å². The van der Waals surface area contributed by atoms with E-state index in [2.05, 4.69) is 99.6 Å². The molecule has 0 spiro atoms. The molecule has 3 heteroatoms. The summed E-state index contributed by atoms with van der Waals surface area (Å²) in [6.45, 7) is 16.5. The minimum Gasteiger partial charge on any atom is -0.344 e. The van der Waals surface area contributed by atoms with Gasteiger partial charge in [0, 0.05) is 53.2 Å². The van der Waals surface area contributed by atoms with Crippen molar-refractivity contribution in [1.82, 2.24) is 0 Å². The molecule has 2 heterocycles. The van der Waals surface area contributed by atoms with Crippen molar-refractivity contribution in [3.8, 4) is 0 Å². The molecule has 210 valence electrons. The molecule has 39 heavy (non-hydrogen) atoms. The Morgan fingerprint density at radius 1 is 0.949 bits per heavy atom. The van der Waals surface area contributed by atoms with Crippen LogP contribution >= 0.6 is 11.6 Å². The summed E-state index contributed by atoms with van der Waals surface area (Å²) in [5.41, 5.74) is 8.51. The van der Waals surface area contributed by atoms with Crippen LogP contribution in [0.2, 0.25) is 0 Å². The van der Waals surface area contributed by atoms with Crippen LogP contribution in [0.4, 0.5) is 5.69 Å². The Balaban J connectivity index is 1.46. The van der Waals surface area contributed by atoms with Crippen LogP contribution in [0.25, 0.3) is 0 Å². The number of anilines is 1. The van der Waals surface area contributed by atoms with E-state index in [1.807, 2.05) is 0 Å². The number of rotatable bonds is 7. The summed E-state index contributed by atoms with van der Waals surface area (Å²) in [5.74, 6) is 0.778. The van der Waals surface area contributed by atoms with Crippen LogP contribution in [0.1, 0.15) is 105 Å². The molecular formula is C36H50ClN2+. The van der Waals surface area contributed by atoms with Crippen LogP contribution in [0.3, 0.4) is 0 Å². The van der Waals surface area contributed by atoms with Crippen LogP contribution in [0.5, 0.6) is 0 Å². The Hall–Kier alpha value is -2.06. The first-order chi connectivity index (χ1) is 18.7. The van der Waals surface area contributed by atoms with E-state index < -0.39 is 0 Å². The minimum atomic E-state index is -0.0133. The molecule has 0 saturated heterocycles. The van der Waals surface area contributed by atoms with E-state index >= 15 is 0 Å². The molecule has 4 aliphatic rings. The van der Waals surface area contributed by atoms with Crippen molar-refractivity contribution in [2.75, 3.05) is 18.0 Å². The maximum absolute atomic E-state index is 7.16. The summed E-state index contributed by atoms with van der Waals surface area (Å²) >= 11 is 7.16. The Morgan fingerprint density at radius 3 is 2.49 bits per heavy atom. The second-order valence-corrected chi connectivity index (χ2v) is 13.7. The normalized spacial score (nSPS) is 28.2. The van der Waals surface area contributed by atoms with Crippen LogP contribution in [0, 0.1) is 11.3 Å². The van der Waals surface area contributed by atoms with Crippen molar-refractivity contribution in [2.24, 2.45) is 11.3 Å². The number of fused-ring (bicyclic) bond motifs is 2. The highest BCUT2D eigenvalue weighted by Crippen LogP contribution is 2.48. The smallest absolute Gasteiger partial charge is 0.182 e. The van der Waals surface area contributed by atoms with Crippen LogP contribution < -0.4 is 4.90 Å². The quantitative estimate of drug-likeness (QED) is 0.309. The van der Waals surface area contributed by atoms with Gasteiger partial charge in [0.15, 0.2) is 11.8 Å². The number of nitrogens with zero attached hydrogens (tertiary/aromatic N) is 2.